The first-order chi connectivity index (χ1) is 9.20. The number of anilines is 1. The van der Waals surface area contributed by atoms with Gasteiger partial charge in [-0.1, -0.05) is 0 Å². The number of aromatic nitrogens is 2. The minimum Gasteiger partial charge on any atom is -0.383 e. The minimum atomic E-state index is -4.78. The van der Waals surface area contributed by atoms with Gasteiger partial charge in [0.25, 0.3) is 5.56 Å². The number of aromatic amines is 1. The Hall–Kier alpha value is -2.38. The molecule has 20 heavy (non-hydrogen) atoms. The molecule has 1 aromatic carbocycles. The van der Waals surface area contributed by atoms with Gasteiger partial charge >= 0.3 is 6.18 Å². The van der Waals surface area contributed by atoms with Gasteiger partial charge < -0.3 is 10.7 Å². The lowest BCUT2D eigenvalue weighted by Crippen LogP contribution is -2.17. The van der Waals surface area contributed by atoms with Gasteiger partial charge in [0.2, 0.25) is 0 Å². The highest BCUT2D eigenvalue weighted by Crippen LogP contribution is 2.36. The summed E-state index contributed by atoms with van der Waals surface area (Å²) in [6.07, 6.45) is -4.78. The summed E-state index contributed by atoms with van der Waals surface area (Å²) in [5.41, 5.74) is 3.24. The molecule has 0 aliphatic carbocycles. The third kappa shape index (κ3) is 2.49. The van der Waals surface area contributed by atoms with E-state index in [4.69, 9.17) is 5.73 Å². The Morgan fingerprint density at radius 3 is 2.50 bits per heavy atom. The normalized spacial score (nSPS) is 11.7. The lowest BCUT2D eigenvalue weighted by atomic mass is 10.1. The average molecular weight is 287 g/mol. The summed E-state index contributed by atoms with van der Waals surface area (Å²) in [7, 11) is 0. The number of benzene rings is 1. The van der Waals surface area contributed by atoms with Crippen LogP contribution in [-0.2, 0) is 6.18 Å². The standard InChI is InChI=1S/C12H9F4N3O/c1-5-9(17)18-10(19-11(5)20)7-3-2-6(13)4-8(7)12(14,15)16/h2-4H,1H3,(H3,17,18,19,20). The topological polar surface area (TPSA) is 71.8 Å². The van der Waals surface area contributed by atoms with Crippen LogP contribution in [0.3, 0.4) is 0 Å². The Morgan fingerprint density at radius 1 is 1.30 bits per heavy atom. The van der Waals surface area contributed by atoms with Crippen molar-refractivity contribution in [2.45, 2.75) is 13.1 Å². The summed E-state index contributed by atoms with van der Waals surface area (Å²) in [4.78, 5) is 17.4. The smallest absolute Gasteiger partial charge is 0.383 e. The molecular formula is C12H9F4N3O. The molecule has 0 aliphatic heterocycles. The highest BCUT2D eigenvalue weighted by molar-refractivity contribution is 5.62. The number of hydrogen-bond acceptors (Lipinski definition) is 3. The number of nitrogens with one attached hydrogen (secondary N) is 1. The van der Waals surface area contributed by atoms with Crippen LogP contribution in [0.5, 0.6) is 0 Å². The van der Waals surface area contributed by atoms with Crippen LogP contribution in [0.2, 0.25) is 0 Å². The largest absolute Gasteiger partial charge is 0.417 e. The molecule has 0 radical (unpaired) electrons. The van der Waals surface area contributed by atoms with E-state index in [1.807, 2.05) is 0 Å². The molecule has 0 saturated carbocycles. The molecule has 106 valence electrons. The molecule has 1 heterocycles. The van der Waals surface area contributed by atoms with Gasteiger partial charge in [0, 0.05) is 5.56 Å². The molecule has 1 aromatic heterocycles. The number of rotatable bonds is 1. The van der Waals surface area contributed by atoms with Gasteiger partial charge in [-0.3, -0.25) is 4.79 Å². The summed E-state index contributed by atoms with van der Waals surface area (Å²) in [5.74, 6) is -1.57. The van der Waals surface area contributed by atoms with Crippen molar-refractivity contribution in [1.82, 2.24) is 9.97 Å². The molecule has 2 rings (SSSR count). The molecule has 2 aromatic rings. The van der Waals surface area contributed by atoms with Crippen molar-refractivity contribution >= 4 is 5.82 Å². The zero-order chi connectivity index (χ0) is 15.1. The van der Waals surface area contributed by atoms with Crippen LogP contribution in [0.4, 0.5) is 23.4 Å². The zero-order valence-electron chi connectivity index (χ0n) is 10.2. The summed E-state index contributed by atoms with van der Waals surface area (Å²) >= 11 is 0. The van der Waals surface area contributed by atoms with Crippen LogP contribution in [0.25, 0.3) is 11.4 Å². The highest BCUT2D eigenvalue weighted by atomic mass is 19.4. The van der Waals surface area contributed by atoms with Gasteiger partial charge in [-0.05, 0) is 25.1 Å². The SMILES string of the molecule is Cc1c(N)nc(-c2ccc(F)cc2C(F)(F)F)[nH]c1=O. The lowest BCUT2D eigenvalue weighted by molar-refractivity contribution is -0.137. The van der Waals surface area contributed by atoms with Gasteiger partial charge in [0.05, 0.1) is 11.1 Å². The quantitative estimate of drug-likeness (QED) is 0.791. The second-order valence-electron chi connectivity index (χ2n) is 4.11. The number of hydrogen-bond donors (Lipinski definition) is 2. The third-order valence-corrected chi connectivity index (χ3v) is 2.73. The van der Waals surface area contributed by atoms with Crippen molar-refractivity contribution in [3.8, 4) is 11.4 Å². The molecular weight excluding hydrogens is 278 g/mol. The van der Waals surface area contributed by atoms with E-state index in [2.05, 4.69) is 9.97 Å². The first-order valence-corrected chi connectivity index (χ1v) is 5.43. The van der Waals surface area contributed by atoms with Crippen LogP contribution in [-0.4, -0.2) is 9.97 Å². The molecule has 0 unspecified atom stereocenters. The van der Waals surface area contributed by atoms with E-state index < -0.39 is 28.7 Å². The fourth-order valence-electron chi connectivity index (χ4n) is 1.63. The first kappa shape index (κ1) is 14.0. The number of halogens is 4. The second-order valence-corrected chi connectivity index (χ2v) is 4.11. The Bertz CT molecular complexity index is 722. The Balaban J connectivity index is 2.74. The number of nitrogens with zero attached hydrogens (tertiary/aromatic N) is 1. The summed E-state index contributed by atoms with van der Waals surface area (Å²) in [5, 5.41) is 0. The van der Waals surface area contributed by atoms with E-state index in [0.29, 0.717) is 6.07 Å². The molecule has 0 aliphatic rings. The lowest BCUT2D eigenvalue weighted by Gasteiger charge is -2.13. The van der Waals surface area contributed by atoms with E-state index in [-0.39, 0.29) is 17.2 Å². The fourth-order valence-corrected chi connectivity index (χ4v) is 1.63. The van der Waals surface area contributed by atoms with Gasteiger partial charge in [-0.2, -0.15) is 13.2 Å². The molecule has 8 heteroatoms. The molecule has 0 amide bonds. The maximum absolute atomic E-state index is 13.0. The first-order valence-electron chi connectivity index (χ1n) is 5.43. The van der Waals surface area contributed by atoms with E-state index in [1.54, 1.807) is 0 Å². The summed E-state index contributed by atoms with van der Waals surface area (Å²) < 4.78 is 51.6. The van der Waals surface area contributed by atoms with E-state index in [0.717, 1.165) is 12.1 Å². The second kappa shape index (κ2) is 4.62. The van der Waals surface area contributed by atoms with Crippen molar-refractivity contribution in [1.29, 1.82) is 0 Å². The van der Waals surface area contributed by atoms with Crippen LogP contribution >= 0.6 is 0 Å². The maximum atomic E-state index is 13.0. The van der Waals surface area contributed by atoms with Crippen LogP contribution in [0, 0.1) is 12.7 Å². The Morgan fingerprint density at radius 2 is 1.95 bits per heavy atom. The summed E-state index contributed by atoms with van der Waals surface area (Å²) in [6, 6.07) is 2.08. The van der Waals surface area contributed by atoms with E-state index >= 15 is 0 Å². The van der Waals surface area contributed by atoms with Crippen LogP contribution in [0.15, 0.2) is 23.0 Å². The van der Waals surface area contributed by atoms with Crippen molar-refractivity contribution in [2.24, 2.45) is 0 Å². The van der Waals surface area contributed by atoms with Gasteiger partial charge in [0.15, 0.2) is 0 Å². The van der Waals surface area contributed by atoms with Gasteiger partial charge in [0.1, 0.15) is 17.5 Å². The van der Waals surface area contributed by atoms with Crippen molar-refractivity contribution in [3.63, 3.8) is 0 Å². The van der Waals surface area contributed by atoms with Crippen molar-refractivity contribution < 1.29 is 17.6 Å². The average Bonchev–Trinajstić information content (AvgIpc) is 2.34. The molecule has 0 saturated heterocycles. The molecule has 4 nitrogen and oxygen atoms in total. The number of H-pyrrole nitrogens is 1. The molecule has 3 N–H and O–H groups in total. The maximum Gasteiger partial charge on any atom is 0.417 e. The number of nitrogen functional groups attached to an aromatic ring is 1. The van der Waals surface area contributed by atoms with Crippen LogP contribution < -0.4 is 11.3 Å². The Kier molecular flexibility index (Phi) is 3.24. The van der Waals surface area contributed by atoms with E-state index in [9.17, 15) is 22.4 Å². The third-order valence-electron chi connectivity index (χ3n) is 2.73. The number of nitrogens with two attached hydrogens (primary N) is 1. The number of alkyl halides is 3. The Labute approximate surface area is 110 Å². The monoisotopic (exact) mass is 287 g/mol. The zero-order valence-corrected chi connectivity index (χ0v) is 10.2. The molecule has 0 spiro atoms. The van der Waals surface area contributed by atoms with Gasteiger partial charge in [-0.15, -0.1) is 0 Å². The molecule has 0 atom stereocenters. The molecule has 0 fully saturated rings. The minimum absolute atomic E-state index is 0.101. The fraction of sp³-hybridized carbons (Fsp3) is 0.167. The predicted molar refractivity (Wildman–Crippen MR) is 64.4 cm³/mol. The summed E-state index contributed by atoms with van der Waals surface area (Å²) in [6.45, 7) is 1.39. The van der Waals surface area contributed by atoms with Crippen molar-refractivity contribution in [3.05, 3.63) is 45.5 Å². The van der Waals surface area contributed by atoms with Crippen molar-refractivity contribution in [2.75, 3.05) is 5.73 Å². The van der Waals surface area contributed by atoms with Gasteiger partial charge in [-0.25, -0.2) is 9.37 Å². The predicted octanol–water partition coefficient (Wildman–Crippen LogP) is 2.49. The highest BCUT2D eigenvalue weighted by Gasteiger charge is 2.34. The van der Waals surface area contributed by atoms with Crippen LogP contribution in [0.1, 0.15) is 11.1 Å². The van der Waals surface area contributed by atoms with E-state index in [1.165, 1.54) is 6.92 Å². The molecule has 0 bridgehead atoms.